The normalized spacial score (nSPS) is 23.1. The summed E-state index contributed by atoms with van der Waals surface area (Å²) in [4.78, 5) is 28.9. The van der Waals surface area contributed by atoms with Gasteiger partial charge in [0.15, 0.2) is 0 Å². The van der Waals surface area contributed by atoms with Crippen LogP contribution < -0.4 is 21.1 Å². The highest BCUT2D eigenvalue weighted by Crippen LogP contribution is 2.21. The Bertz CT molecular complexity index is 681. The lowest BCUT2D eigenvalue weighted by atomic mass is 9.95. The molecule has 2 aliphatic heterocycles. The van der Waals surface area contributed by atoms with E-state index in [1.54, 1.807) is 0 Å². The van der Waals surface area contributed by atoms with Crippen LogP contribution in [-0.2, 0) is 9.59 Å². The maximum atomic E-state index is 12.7. The van der Waals surface area contributed by atoms with Crippen LogP contribution >= 0.6 is 0 Å². The van der Waals surface area contributed by atoms with Crippen molar-refractivity contribution in [2.24, 2.45) is 5.92 Å². The number of hydrazine groups is 1. The summed E-state index contributed by atoms with van der Waals surface area (Å²) in [6.07, 6.45) is 2.42. The number of amides is 2. The van der Waals surface area contributed by atoms with E-state index in [0.717, 1.165) is 45.6 Å². The van der Waals surface area contributed by atoms with E-state index >= 15 is 0 Å². The van der Waals surface area contributed by atoms with E-state index in [0.29, 0.717) is 13.0 Å². The molecule has 2 unspecified atom stereocenters. The Morgan fingerprint density at radius 3 is 3.00 bits per heavy atom. The number of carbonyl (C=O) groups is 2. The Labute approximate surface area is 167 Å². The van der Waals surface area contributed by atoms with Crippen LogP contribution in [-0.4, -0.2) is 62.0 Å². The average Bonchev–Trinajstić information content (AvgIpc) is 2.71. The lowest BCUT2D eigenvalue weighted by molar-refractivity contribution is -0.128. The van der Waals surface area contributed by atoms with Crippen LogP contribution in [0.2, 0.25) is 0 Å². The Hall–Kier alpha value is -2.12. The second-order valence-corrected chi connectivity index (χ2v) is 7.83. The van der Waals surface area contributed by atoms with Crippen LogP contribution in [0.5, 0.6) is 0 Å². The number of piperidine rings is 1. The number of likely N-dealkylation sites (N-methyl/N-ethyl adjacent to an activating group) is 1. The molecule has 0 aromatic heterocycles. The standard InChI is InChI=1S/C21H33N5O2/c1-3-25(18-8-4-6-16(2)12-18)11-9-22-21(28)17-7-5-10-26(15-17)19-13-20(27)24-23-14-19/h4,6,8,12,17,19,23H,3,5,7,9-11,13-15H2,1-2H3,(H,22,28)(H,24,27). The van der Waals surface area contributed by atoms with Crippen molar-refractivity contribution < 1.29 is 9.59 Å². The number of hydrogen-bond donors (Lipinski definition) is 3. The van der Waals surface area contributed by atoms with E-state index in [9.17, 15) is 9.59 Å². The van der Waals surface area contributed by atoms with Crippen LogP contribution in [0, 0.1) is 12.8 Å². The van der Waals surface area contributed by atoms with Crippen molar-refractivity contribution in [1.82, 2.24) is 21.1 Å². The number of nitrogens with zero attached hydrogens (tertiary/aromatic N) is 2. The Morgan fingerprint density at radius 2 is 2.25 bits per heavy atom. The highest BCUT2D eigenvalue weighted by molar-refractivity contribution is 5.79. The van der Waals surface area contributed by atoms with Crippen molar-refractivity contribution >= 4 is 17.5 Å². The van der Waals surface area contributed by atoms with Crippen molar-refractivity contribution in [1.29, 1.82) is 0 Å². The smallest absolute Gasteiger partial charge is 0.235 e. The van der Waals surface area contributed by atoms with Gasteiger partial charge < -0.3 is 10.2 Å². The van der Waals surface area contributed by atoms with Crippen LogP contribution in [0.4, 0.5) is 5.69 Å². The summed E-state index contributed by atoms with van der Waals surface area (Å²) in [5.74, 6) is 0.171. The van der Waals surface area contributed by atoms with E-state index in [-0.39, 0.29) is 23.8 Å². The molecule has 1 aromatic rings. The topological polar surface area (TPSA) is 76.7 Å². The third kappa shape index (κ3) is 5.45. The fourth-order valence-electron chi connectivity index (χ4n) is 4.17. The second kappa shape index (κ2) is 9.89. The van der Waals surface area contributed by atoms with Gasteiger partial charge in [-0.2, -0.15) is 0 Å². The molecule has 2 aliphatic rings. The molecule has 2 heterocycles. The van der Waals surface area contributed by atoms with Gasteiger partial charge >= 0.3 is 0 Å². The molecule has 0 saturated carbocycles. The van der Waals surface area contributed by atoms with Crippen molar-refractivity contribution in [2.45, 2.75) is 39.2 Å². The van der Waals surface area contributed by atoms with E-state index in [1.807, 2.05) is 0 Å². The molecule has 1 aromatic carbocycles. The molecule has 2 atom stereocenters. The van der Waals surface area contributed by atoms with Crippen LogP contribution in [0.1, 0.15) is 31.7 Å². The van der Waals surface area contributed by atoms with E-state index in [2.05, 4.69) is 64.1 Å². The zero-order valence-corrected chi connectivity index (χ0v) is 17.0. The van der Waals surface area contributed by atoms with Gasteiger partial charge in [0.2, 0.25) is 11.8 Å². The first-order valence-corrected chi connectivity index (χ1v) is 10.4. The fraction of sp³-hybridized carbons (Fsp3) is 0.619. The largest absolute Gasteiger partial charge is 0.370 e. The molecular weight excluding hydrogens is 354 g/mol. The predicted octanol–water partition coefficient (Wildman–Crippen LogP) is 1.04. The zero-order chi connectivity index (χ0) is 19.9. The maximum Gasteiger partial charge on any atom is 0.235 e. The van der Waals surface area contributed by atoms with Gasteiger partial charge in [-0.25, -0.2) is 5.43 Å². The first kappa shape index (κ1) is 20.6. The first-order valence-electron chi connectivity index (χ1n) is 10.4. The van der Waals surface area contributed by atoms with Gasteiger partial charge in [-0.3, -0.25) is 19.9 Å². The van der Waals surface area contributed by atoms with Gasteiger partial charge in [0.1, 0.15) is 0 Å². The molecular formula is C21H33N5O2. The second-order valence-electron chi connectivity index (χ2n) is 7.83. The average molecular weight is 388 g/mol. The fourth-order valence-corrected chi connectivity index (χ4v) is 4.17. The number of nitrogens with one attached hydrogen (secondary N) is 3. The van der Waals surface area contributed by atoms with Crippen LogP contribution in [0.25, 0.3) is 0 Å². The molecule has 0 spiro atoms. The van der Waals surface area contributed by atoms with Crippen LogP contribution in [0.3, 0.4) is 0 Å². The van der Waals surface area contributed by atoms with Gasteiger partial charge in [0, 0.05) is 50.9 Å². The highest BCUT2D eigenvalue weighted by atomic mass is 16.2. The molecule has 3 rings (SSSR count). The number of likely N-dealkylation sites (tertiary alicyclic amines) is 1. The third-order valence-corrected chi connectivity index (χ3v) is 5.76. The number of benzene rings is 1. The molecule has 0 bridgehead atoms. The molecule has 0 radical (unpaired) electrons. The SMILES string of the molecule is CCN(CCNC(=O)C1CCCN(C2CNNC(=O)C2)C1)c1cccc(C)c1. The van der Waals surface area contributed by atoms with Gasteiger partial charge in [0.05, 0.1) is 5.92 Å². The monoisotopic (exact) mass is 387 g/mol. The van der Waals surface area contributed by atoms with Crippen molar-refractivity contribution in [3.63, 3.8) is 0 Å². The quantitative estimate of drug-likeness (QED) is 0.652. The van der Waals surface area contributed by atoms with Crippen molar-refractivity contribution in [3.8, 4) is 0 Å². The molecule has 154 valence electrons. The minimum absolute atomic E-state index is 0.00721. The summed E-state index contributed by atoms with van der Waals surface area (Å²) in [6, 6.07) is 8.65. The first-order chi connectivity index (χ1) is 13.6. The maximum absolute atomic E-state index is 12.7. The molecule has 2 saturated heterocycles. The Morgan fingerprint density at radius 1 is 1.39 bits per heavy atom. The Kier molecular flexibility index (Phi) is 7.28. The van der Waals surface area contributed by atoms with Crippen LogP contribution in [0.15, 0.2) is 24.3 Å². The number of rotatable bonds is 7. The third-order valence-electron chi connectivity index (χ3n) is 5.76. The van der Waals surface area contributed by atoms with Gasteiger partial charge in [0.25, 0.3) is 0 Å². The summed E-state index contributed by atoms with van der Waals surface area (Å²) < 4.78 is 0. The number of aryl methyl sites for hydroxylation is 1. The summed E-state index contributed by atoms with van der Waals surface area (Å²) in [7, 11) is 0. The summed E-state index contributed by atoms with van der Waals surface area (Å²) in [5.41, 5.74) is 8.04. The van der Waals surface area contributed by atoms with Gasteiger partial charge in [-0.15, -0.1) is 0 Å². The molecule has 7 heteroatoms. The number of hydrogen-bond acceptors (Lipinski definition) is 5. The number of anilines is 1. The van der Waals surface area contributed by atoms with Crippen molar-refractivity contribution in [2.75, 3.05) is 44.2 Å². The van der Waals surface area contributed by atoms with E-state index in [4.69, 9.17) is 0 Å². The van der Waals surface area contributed by atoms with E-state index < -0.39 is 0 Å². The Balaban J connectivity index is 1.46. The lowest BCUT2D eigenvalue weighted by Crippen LogP contribution is -2.57. The van der Waals surface area contributed by atoms with Gasteiger partial charge in [-0.1, -0.05) is 12.1 Å². The molecule has 7 nitrogen and oxygen atoms in total. The molecule has 0 aliphatic carbocycles. The minimum atomic E-state index is 0.00721. The summed E-state index contributed by atoms with van der Waals surface area (Å²) >= 11 is 0. The van der Waals surface area contributed by atoms with Crippen molar-refractivity contribution in [3.05, 3.63) is 29.8 Å². The minimum Gasteiger partial charge on any atom is -0.370 e. The molecule has 28 heavy (non-hydrogen) atoms. The summed E-state index contributed by atoms with van der Waals surface area (Å²) in [5, 5.41) is 3.13. The zero-order valence-electron chi connectivity index (χ0n) is 17.0. The highest BCUT2D eigenvalue weighted by Gasteiger charge is 2.32. The molecule has 3 N–H and O–H groups in total. The molecule has 2 fully saturated rings. The summed E-state index contributed by atoms with van der Waals surface area (Å²) in [6.45, 7) is 9.02. The predicted molar refractivity (Wildman–Crippen MR) is 111 cm³/mol. The number of carbonyl (C=O) groups excluding carboxylic acids is 2. The lowest BCUT2D eigenvalue weighted by Gasteiger charge is -2.39. The van der Waals surface area contributed by atoms with Gasteiger partial charge in [-0.05, 0) is 50.9 Å². The molecule has 2 amide bonds. The van der Waals surface area contributed by atoms with E-state index in [1.165, 1.54) is 11.3 Å².